The predicted molar refractivity (Wildman–Crippen MR) is 69.2 cm³/mol. The Labute approximate surface area is 105 Å². The van der Waals surface area contributed by atoms with E-state index < -0.39 is 0 Å². The molecular formula is C15H14O3. The lowest BCUT2D eigenvalue weighted by molar-refractivity contribution is 0.374. The Balaban J connectivity index is 2.28. The van der Waals surface area contributed by atoms with Crippen LogP contribution in [0.25, 0.3) is 11.1 Å². The highest BCUT2D eigenvalue weighted by atomic mass is 16.5. The largest absolute Gasteiger partial charge is 0.508 e. The zero-order valence-corrected chi connectivity index (χ0v) is 10.1. The molecule has 3 nitrogen and oxygen atoms in total. The van der Waals surface area contributed by atoms with Crippen LogP contribution in [0.3, 0.4) is 0 Å². The highest BCUT2D eigenvalue weighted by Crippen LogP contribution is 2.44. The third kappa shape index (κ3) is 1.51. The molecule has 2 aromatic carbocycles. The molecule has 3 heteroatoms. The Morgan fingerprint density at radius 1 is 1.00 bits per heavy atom. The second kappa shape index (κ2) is 3.95. The molecule has 2 N–H and O–H groups in total. The molecule has 1 aliphatic rings. The molecule has 0 spiro atoms. The fraction of sp³-hybridized carbons (Fsp3) is 0.200. The lowest BCUT2D eigenvalue weighted by Crippen LogP contribution is -2.04. The fourth-order valence-corrected chi connectivity index (χ4v) is 2.59. The van der Waals surface area contributed by atoms with Gasteiger partial charge in [0.2, 0.25) is 0 Å². The molecule has 1 aliphatic carbocycles. The summed E-state index contributed by atoms with van der Waals surface area (Å²) in [5.41, 5.74) is 3.98. The van der Waals surface area contributed by atoms with E-state index in [9.17, 15) is 10.2 Å². The van der Waals surface area contributed by atoms with Crippen LogP contribution in [0.5, 0.6) is 17.2 Å². The number of hydrogen-bond acceptors (Lipinski definition) is 3. The van der Waals surface area contributed by atoms with Gasteiger partial charge in [-0.25, -0.2) is 0 Å². The summed E-state index contributed by atoms with van der Waals surface area (Å²) in [5, 5.41) is 19.8. The van der Waals surface area contributed by atoms with Gasteiger partial charge in [0.1, 0.15) is 5.75 Å². The molecule has 0 bridgehead atoms. The van der Waals surface area contributed by atoms with Gasteiger partial charge in [0.05, 0.1) is 7.11 Å². The highest BCUT2D eigenvalue weighted by molar-refractivity contribution is 5.81. The van der Waals surface area contributed by atoms with Crippen LogP contribution in [0.1, 0.15) is 11.1 Å². The normalized spacial score (nSPS) is 12.7. The number of rotatable bonds is 1. The molecule has 0 aromatic heterocycles. The van der Waals surface area contributed by atoms with Crippen molar-refractivity contribution in [2.75, 3.05) is 7.11 Å². The molecule has 0 atom stereocenters. The van der Waals surface area contributed by atoms with Gasteiger partial charge in [-0.1, -0.05) is 12.1 Å². The molecule has 0 fully saturated rings. The Morgan fingerprint density at radius 3 is 2.56 bits per heavy atom. The lowest BCUT2D eigenvalue weighted by atomic mass is 9.85. The molecule has 92 valence electrons. The number of aromatic hydroxyl groups is 2. The molecule has 0 radical (unpaired) electrons. The zero-order valence-electron chi connectivity index (χ0n) is 10.1. The minimum atomic E-state index is 0.182. The van der Waals surface area contributed by atoms with Crippen molar-refractivity contribution < 1.29 is 14.9 Å². The smallest absolute Gasteiger partial charge is 0.165 e. The van der Waals surface area contributed by atoms with E-state index in [1.165, 1.54) is 0 Å². The lowest BCUT2D eigenvalue weighted by Gasteiger charge is -2.22. The van der Waals surface area contributed by atoms with Gasteiger partial charge in [0, 0.05) is 5.56 Å². The minimum Gasteiger partial charge on any atom is -0.508 e. The maximum atomic E-state index is 10.3. The second-order valence-corrected chi connectivity index (χ2v) is 4.49. The van der Waals surface area contributed by atoms with Crippen molar-refractivity contribution in [2.45, 2.75) is 12.8 Å². The number of ether oxygens (including phenoxy) is 1. The third-order valence-corrected chi connectivity index (χ3v) is 3.47. The second-order valence-electron chi connectivity index (χ2n) is 4.49. The van der Waals surface area contributed by atoms with Crippen molar-refractivity contribution in [3.8, 4) is 28.4 Å². The number of fused-ring (bicyclic) bond motifs is 3. The molecule has 0 aliphatic heterocycles. The van der Waals surface area contributed by atoms with Gasteiger partial charge in [-0.05, 0) is 47.7 Å². The van der Waals surface area contributed by atoms with E-state index in [2.05, 4.69) is 0 Å². The van der Waals surface area contributed by atoms with Crippen molar-refractivity contribution in [3.63, 3.8) is 0 Å². The number of benzene rings is 2. The molecule has 0 saturated carbocycles. The fourth-order valence-electron chi connectivity index (χ4n) is 2.59. The molecule has 0 saturated heterocycles. The minimum absolute atomic E-state index is 0.182. The van der Waals surface area contributed by atoms with Gasteiger partial charge in [0.15, 0.2) is 11.5 Å². The van der Waals surface area contributed by atoms with Crippen molar-refractivity contribution in [1.82, 2.24) is 0 Å². The zero-order chi connectivity index (χ0) is 12.7. The first-order valence-electron chi connectivity index (χ1n) is 5.92. The molecule has 18 heavy (non-hydrogen) atoms. The Hall–Kier alpha value is -2.16. The van der Waals surface area contributed by atoms with Crippen LogP contribution in [-0.2, 0) is 12.8 Å². The van der Waals surface area contributed by atoms with Crippen LogP contribution >= 0.6 is 0 Å². The monoisotopic (exact) mass is 242 g/mol. The van der Waals surface area contributed by atoms with Gasteiger partial charge in [-0.2, -0.15) is 0 Å². The quantitative estimate of drug-likeness (QED) is 0.808. The van der Waals surface area contributed by atoms with E-state index in [-0.39, 0.29) is 11.5 Å². The van der Waals surface area contributed by atoms with E-state index in [1.54, 1.807) is 25.3 Å². The summed E-state index contributed by atoms with van der Waals surface area (Å²) in [7, 11) is 1.54. The van der Waals surface area contributed by atoms with E-state index in [4.69, 9.17) is 4.74 Å². The van der Waals surface area contributed by atoms with E-state index >= 15 is 0 Å². The van der Waals surface area contributed by atoms with Crippen molar-refractivity contribution in [3.05, 3.63) is 41.5 Å². The predicted octanol–water partition coefficient (Wildman–Crippen LogP) is 2.87. The summed E-state index contributed by atoms with van der Waals surface area (Å²) in [6.45, 7) is 0. The van der Waals surface area contributed by atoms with Crippen molar-refractivity contribution in [2.24, 2.45) is 0 Å². The summed E-state index contributed by atoms with van der Waals surface area (Å²) in [4.78, 5) is 0. The molecule has 0 amide bonds. The van der Waals surface area contributed by atoms with Crippen molar-refractivity contribution in [1.29, 1.82) is 0 Å². The first-order chi connectivity index (χ1) is 8.70. The van der Waals surface area contributed by atoms with E-state index in [0.29, 0.717) is 5.75 Å². The van der Waals surface area contributed by atoms with Crippen LogP contribution < -0.4 is 4.74 Å². The number of phenolic OH excluding ortho intramolecular Hbond substituents is 2. The van der Waals surface area contributed by atoms with E-state index in [0.717, 1.165) is 35.1 Å². The van der Waals surface area contributed by atoms with Crippen LogP contribution in [0, 0.1) is 0 Å². The first kappa shape index (κ1) is 11.0. The summed E-state index contributed by atoms with van der Waals surface area (Å²) in [5.74, 6) is 0.927. The Bertz CT molecular complexity index is 617. The molecule has 0 unspecified atom stereocenters. The summed E-state index contributed by atoms with van der Waals surface area (Å²) < 4.78 is 5.15. The topological polar surface area (TPSA) is 49.7 Å². The maximum absolute atomic E-state index is 10.3. The summed E-state index contributed by atoms with van der Waals surface area (Å²) >= 11 is 0. The maximum Gasteiger partial charge on any atom is 0.165 e. The standard InChI is InChI=1S/C15H14O3/c1-18-13-7-4-9-2-3-10-8-11(16)5-6-12(10)14(9)15(13)17/h4-8,16-17H,2-3H2,1H3. The molecular weight excluding hydrogens is 228 g/mol. The van der Waals surface area contributed by atoms with Crippen LogP contribution in [0.4, 0.5) is 0 Å². The average molecular weight is 242 g/mol. The number of aryl methyl sites for hydroxylation is 2. The summed E-state index contributed by atoms with van der Waals surface area (Å²) in [6.07, 6.45) is 1.74. The molecule has 0 heterocycles. The first-order valence-corrected chi connectivity index (χ1v) is 5.92. The van der Waals surface area contributed by atoms with Crippen molar-refractivity contribution >= 4 is 0 Å². The van der Waals surface area contributed by atoms with Gasteiger partial charge < -0.3 is 14.9 Å². The number of phenols is 2. The van der Waals surface area contributed by atoms with Crippen LogP contribution in [-0.4, -0.2) is 17.3 Å². The SMILES string of the molecule is COc1ccc2c(c1O)-c1ccc(O)cc1CC2. The third-order valence-electron chi connectivity index (χ3n) is 3.47. The molecule has 3 rings (SSSR count). The number of methoxy groups -OCH3 is 1. The van der Waals surface area contributed by atoms with Crippen LogP contribution in [0.15, 0.2) is 30.3 Å². The highest BCUT2D eigenvalue weighted by Gasteiger charge is 2.21. The Morgan fingerprint density at radius 2 is 1.78 bits per heavy atom. The molecule has 2 aromatic rings. The number of hydrogen-bond donors (Lipinski definition) is 2. The van der Waals surface area contributed by atoms with Gasteiger partial charge in [0.25, 0.3) is 0 Å². The van der Waals surface area contributed by atoms with Crippen LogP contribution in [0.2, 0.25) is 0 Å². The van der Waals surface area contributed by atoms with Gasteiger partial charge in [-0.15, -0.1) is 0 Å². The summed E-state index contributed by atoms with van der Waals surface area (Å²) in [6, 6.07) is 9.04. The average Bonchev–Trinajstić information content (AvgIpc) is 2.38. The van der Waals surface area contributed by atoms with E-state index in [1.807, 2.05) is 12.1 Å². The Kier molecular flexibility index (Phi) is 2.40. The van der Waals surface area contributed by atoms with Gasteiger partial charge in [-0.3, -0.25) is 0 Å². The van der Waals surface area contributed by atoms with Gasteiger partial charge >= 0.3 is 0 Å².